The number of hydrogen-bond acceptors (Lipinski definition) is 3. The third-order valence-electron chi connectivity index (χ3n) is 2.21. The molecule has 0 bridgehead atoms. The summed E-state index contributed by atoms with van der Waals surface area (Å²) in [7, 11) is 1.23. The number of halogens is 5. The van der Waals surface area contributed by atoms with Crippen molar-refractivity contribution < 1.29 is 22.7 Å². The molecule has 0 amide bonds. The fourth-order valence-corrected chi connectivity index (χ4v) is 2.09. The number of carbonyl (C=O) groups is 1. The van der Waals surface area contributed by atoms with Gasteiger partial charge in [-0.25, -0.2) is 0 Å². The Morgan fingerprint density at radius 3 is 2.63 bits per heavy atom. The third-order valence-corrected chi connectivity index (χ3v) is 3.60. The summed E-state index contributed by atoms with van der Waals surface area (Å²) in [6, 6.07) is 3.75. The van der Waals surface area contributed by atoms with Crippen LogP contribution in [0.2, 0.25) is 0 Å². The van der Waals surface area contributed by atoms with Crippen molar-refractivity contribution in [3.63, 3.8) is 0 Å². The first-order chi connectivity index (χ1) is 8.75. The topological polar surface area (TPSA) is 38.3 Å². The number of hydrogen-bond donors (Lipinski definition) is 1. The summed E-state index contributed by atoms with van der Waals surface area (Å²) in [5, 5.41) is 2.73. The molecule has 0 fully saturated rings. The number of anilines is 1. The highest BCUT2D eigenvalue weighted by Crippen LogP contribution is 2.36. The van der Waals surface area contributed by atoms with Gasteiger partial charge < -0.3 is 10.1 Å². The number of rotatable bonds is 4. The number of methoxy groups -OCH3 is 1. The molecule has 1 unspecified atom stereocenters. The van der Waals surface area contributed by atoms with Gasteiger partial charge in [0.1, 0.15) is 4.83 Å². The molecule has 0 spiro atoms. The highest BCUT2D eigenvalue weighted by molar-refractivity contribution is 9.10. The Hall–Kier alpha value is -0.760. The molecule has 0 saturated heterocycles. The maximum absolute atomic E-state index is 12.7. The minimum absolute atomic E-state index is 0.0334. The maximum Gasteiger partial charge on any atom is 0.417 e. The van der Waals surface area contributed by atoms with E-state index in [2.05, 4.69) is 41.9 Å². The lowest BCUT2D eigenvalue weighted by molar-refractivity contribution is -0.140. The Labute approximate surface area is 124 Å². The first kappa shape index (κ1) is 16.3. The fourth-order valence-electron chi connectivity index (χ4n) is 1.27. The zero-order valence-electron chi connectivity index (χ0n) is 9.72. The number of nitrogens with one attached hydrogen (secondary N) is 1. The number of carbonyl (C=O) groups excluding carboxylic acids is 1. The number of ether oxygens (including phenoxy) is 1. The van der Waals surface area contributed by atoms with Gasteiger partial charge in [-0.05, 0) is 18.2 Å². The smallest absolute Gasteiger partial charge is 0.417 e. The molecular weight excluding hydrogens is 395 g/mol. The van der Waals surface area contributed by atoms with Gasteiger partial charge in [0.15, 0.2) is 0 Å². The molecule has 3 nitrogen and oxygen atoms in total. The van der Waals surface area contributed by atoms with Crippen LogP contribution in [-0.4, -0.2) is 24.5 Å². The molecule has 1 aromatic rings. The standard InChI is InChI=1S/C11H10Br2F3NO2/c1-19-10(18)9(13)5-17-6-2-3-8(12)7(4-6)11(14,15)16/h2-4,9,17H,5H2,1H3. The van der Waals surface area contributed by atoms with Crippen LogP contribution in [0.25, 0.3) is 0 Å². The van der Waals surface area contributed by atoms with Crippen molar-refractivity contribution in [3.8, 4) is 0 Å². The molecule has 0 aliphatic rings. The monoisotopic (exact) mass is 403 g/mol. The van der Waals surface area contributed by atoms with Gasteiger partial charge in [0.25, 0.3) is 0 Å². The summed E-state index contributed by atoms with van der Waals surface area (Å²) in [6.45, 7) is 0.117. The van der Waals surface area contributed by atoms with Crippen molar-refractivity contribution in [2.24, 2.45) is 0 Å². The van der Waals surface area contributed by atoms with Crippen molar-refractivity contribution in [2.75, 3.05) is 19.0 Å². The lowest BCUT2D eigenvalue weighted by atomic mass is 10.2. The van der Waals surface area contributed by atoms with Crippen LogP contribution in [-0.2, 0) is 15.7 Å². The molecule has 0 aromatic heterocycles. The van der Waals surface area contributed by atoms with Crippen molar-refractivity contribution in [3.05, 3.63) is 28.2 Å². The molecule has 1 N–H and O–H groups in total. The normalized spacial score (nSPS) is 12.9. The molecule has 0 heterocycles. The quantitative estimate of drug-likeness (QED) is 0.612. The van der Waals surface area contributed by atoms with E-state index in [1.165, 1.54) is 19.2 Å². The number of alkyl halides is 4. The van der Waals surface area contributed by atoms with Crippen molar-refractivity contribution in [1.82, 2.24) is 0 Å². The van der Waals surface area contributed by atoms with Gasteiger partial charge in [0.2, 0.25) is 0 Å². The van der Waals surface area contributed by atoms with Gasteiger partial charge in [-0.3, -0.25) is 4.79 Å². The molecule has 19 heavy (non-hydrogen) atoms. The second kappa shape index (κ2) is 6.60. The van der Waals surface area contributed by atoms with E-state index in [-0.39, 0.29) is 16.7 Å². The van der Waals surface area contributed by atoms with Crippen LogP contribution in [0.15, 0.2) is 22.7 Å². The molecule has 1 atom stereocenters. The Kier molecular flexibility index (Phi) is 5.66. The van der Waals surface area contributed by atoms with E-state index in [1.54, 1.807) is 0 Å². The van der Waals surface area contributed by atoms with Crippen molar-refractivity contribution in [2.45, 2.75) is 11.0 Å². The fraction of sp³-hybridized carbons (Fsp3) is 0.364. The summed E-state index contributed by atoms with van der Waals surface area (Å²) >= 11 is 5.91. The second-order valence-corrected chi connectivity index (χ2v) is 5.52. The molecule has 1 rings (SSSR count). The van der Waals surface area contributed by atoms with Crippen LogP contribution in [0.4, 0.5) is 18.9 Å². The predicted octanol–water partition coefficient (Wildman–Crippen LogP) is 3.82. The van der Waals surface area contributed by atoms with E-state index in [0.29, 0.717) is 0 Å². The van der Waals surface area contributed by atoms with Crippen LogP contribution < -0.4 is 5.32 Å². The van der Waals surface area contributed by atoms with Gasteiger partial charge in [-0.2, -0.15) is 13.2 Å². The molecule has 0 saturated carbocycles. The first-order valence-electron chi connectivity index (χ1n) is 5.08. The Bertz CT molecular complexity index is 466. The average Bonchev–Trinajstić information content (AvgIpc) is 2.35. The van der Waals surface area contributed by atoms with Crippen LogP contribution >= 0.6 is 31.9 Å². The Morgan fingerprint density at radius 2 is 2.11 bits per heavy atom. The van der Waals surface area contributed by atoms with Crippen LogP contribution in [0.5, 0.6) is 0 Å². The second-order valence-electron chi connectivity index (χ2n) is 3.56. The van der Waals surface area contributed by atoms with Gasteiger partial charge >= 0.3 is 12.1 Å². The number of benzene rings is 1. The summed E-state index contributed by atoms with van der Waals surface area (Å²) in [6.07, 6.45) is -4.44. The van der Waals surface area contributed by atoms with Gasteiger partial charge in [-0.15, -0.1) is 0 Å². The van der Waals surface area contributed by atoms with E-state index in [1.807, 2.05) is 0 Å². The minimum atomic E-state index is -4.44. The van der Waals surface area contributed by atoms with Crippen LogP contribution in [0, 0.1) is 0 Å². The van der Waals surface area contributed by atoms with Crippen molar-refractivity contribution >= 4 is 43.5 Å². The predicted molar refractivity (Wildman–Crippen MR) is 72.4 cm³/mol. The Morgan fingerprint density at radius 1 is 1.47 bits per heavy atom. The molecule has 0 aliphatic heterocycles. The molecular formula is C11H10Br2F3NO2. The summed E-state index contributed by atoms with van der Waals surface area (Å²) in [4.78, 5) is 10.5. The number of esters is 1. The van der Waals surface area contributed by atoms with Gasteiger partial charge in [0.05, 0.1) is 12.7 Å². The molecule has 0 radical (unpaired) electrons. The van der Waals surface area contributed by atoms with E-state index < -0.39 is 22.5 Å². The van der Waals surface area contributed by atoms with Gasteiger partial charge in [-0.1, -0.05) is 31.9 Å². The van der Waals surface area contributed by atoms with Gasteiger partial charge in [0, 0.05) is 16.7 Å². The highest BCUT2D eigenvalue weighted by Gasteiger charge is 2.33. The largest absolute Gasteiger partial charge is 0.468 e. The molecule has 106 valence electrons. The third kappa shape index (κ3) is 4.68. The maximum atomic E-state index is 12.7. The summed E-state index contributed by atoms with van der Waals surface area (Å²) in [5.41, 5.74) is -0.509. The lowest BCUT2D eigenvalue weighted by Gasteiger charge is -2.14. The van der Waals surface area contributed by atoms with E-state index in [9.17, 15) is 18.0 Å². The van der Waals surface area contributed by atoms with Crippen LogP contribution in [0.3, 0.4) is 0 Å². The zero-order chi connectivity index (χ0) is 14.6. The average molecular weight is 405 g/mol. The summed E-state index contributed by atoms with van der Waals surface area (Å²) in [5.74, 6) is -0.499. The molecule has 8 heteroatoms. The zero-order valence-corrected chi connectivity index (χ0v) is 12.9. The van der Waals surface area contributed by atoms with E-state index in [4.69, 9.17) is 0 Å². The molecule has 1 aromatic carbocycles. The lowest BCUT2D eigenvalue weighted by Crippen LogP contribution is -2.24. The summed E-state index contributed by atoms with van der Waals surface area (Å²) < 4.78 is 42.5. The Balaban J connectivity index is 2.78. The van der Waals surface area contributed by atoms with Crippen molar-refractivity contribution in [1.29, 1.82) is 0 Å². The minimum Gasteiger partial charge on any atom is -0.468 e. The van der Waals surface area contributed by atoms with E-state index >= 15 is 0 Å². The van der Waals surface area contributed by atoms with Crippen LogP contribution in [0.1, 0.15) is 5.56 Å². The molecule has 0 aliphatic carbocycles. The van der Waals surface area contributed by atoms with E-state index in [0.717, 1.165) is 6.07 Å². The highest BCUT2D eigenvalue weighted by atomic mass is 79.9. The SMILES string of the molecule is COC(=O)C(Br)CNc1ccc(Br)c(C(F)(F)F)c1. The first-order valence-corrected chi connectivity index (χ1v) is 6.79.